The second-order valence-electron chi connectivity index (χ2n) is 5.94. The Bertz CT molecular complexity index is 200. The van der Waals surface area contributed by atoms with Crippen molar-refractivity contribution in [2.45, 2.75) is 90.7 Å². The van der Waals surface area contributed by atoms with E-state index in [1.807, 2.05) is 11.8 Å². The molecule has 0 N–H and O–H groups in total. The lowest BCUT2D eigenvalue weighted by atomic mass is 10.0. The molecular weight excluding hydrogens is 224 g/mol. The third-order valence-electron chi connectivity index (χ3n) is 3.00. The Hall–Kier alpha value is 0.0900. The van der Waals surface area contributed by atoms with Gasteiger partial charge in [-0.15, -0.1) is 11.8 Å². The molecule has 0 aliphatic rings. The quantitative estimate of drug-likeness (QED) is 0.399. The molecule has 0 aliphatic heterocycles. The van der Waals surface area contributed by atoms with Crippen LogP contribution in [0.1, 0.15) is 86.0 Å². The van der Waals surface area contributed by atoms with Gasteiger partial charge in [-0.1, -0.05) is 71.3 Å². The minimum absolute atomic E-state index is 0.417. The van der Waals surface area contributed by atoms with Gasteiger partial charge < -0.3 is 0 Å². The zero-order valence-electron chi connectivity index (χ0n) is 12.6. The predicted molar refractivity (Wildman–Crippen MR) is 83.7 cm³/mol. The molecule has 0 spiro atoms. The lowest BCUT2D eigenvalue weighted by molar-refractivity contribution is 0.537. The molecule has 0 aliphatic carbocycles. The van der Waals surface area contributed by atoms with E-state index in [1.165, 1.54) is 56.9 Å². The minimum atomic E-state index is 0.417. The lowest BCUT2D eigenvalue weighted by Crippen LogP contribution is -2.13. The highest BCUT2D eigenvalue weighted by Gasteiger charge is 2.16. The maximum atomic E-state index is 2.37. The number of rotatable bonds is 10. The fraction of sp³-hybridized carbons (Fsp3) is 0.875. The van der Waals surface area contributed by atoms with E-state index in [2.05, 4.69) is 40.0 Å². The van der Waals surface area contributed by atoms with Gasteiger partial charge in [0.15, 0.2) is 0 Å². The predicted octanol–water partition coefficient (Wildman–Crippen LogP) is 6.56. The van der Waals surface area contributed by atoms with Crippen LogP contribution in [0.4, 0.5) is 0 Å². The highest BCUT2D eigenvalue weighted by atomic mass is 32.2. The molecule has 0 saturated carbocycles. The fourth-order valence-corrected chi connectivity index (χ4v) is 2.66. The Morgan fingerprint density at radius 2 is 1.47 bits per heavy atom. The first-order valence-corrected chi connectivity index (χ1v) is 8.17. The van der Waals surface area contributed by atoms with Crippen LogP contribution in [0.15, 0.2) is 11.0 Å². The SMILES string of the molecule is CCCCCCCCCC(C)(C)SC=C(C)C. The average Bonchev–Trinajstić information content (AvgIpc) is 2.25. The van der Waals surface area contributed by atoms with E-state index < -0.39 is 0 Å². The van der Waals surface area contributed by atoms with Gasteiger partial charge in [-0.3, -0.25) is 0 Å². The van der Waals surface area contributed by atoms with Gasteiger partial charge >= 0.3 is 0 Å². The lowest BCUT2D eigenvalue weighted by Gasteiger charge is -2.22. The van der Waals surface area contributed by atoms with Crippen LogP contribution >= 0.6 is 11.8 Å². The van der Waals surface area contributed by atoms with E-state index in [1.54, 1.807) is 0 Å². The molecule has 0 aromatic carbocycles. The molecule has 0 amide bonds. The molecule has 102 valence electrons. The first-order valence-electron chi connectivity index (χ1n) is 7.29. The van der Waals surface area contributed by atoms with Gasteiger partial charge in [-0.25, -0.2) is 0 Å². The van der Waals surface area contributed by atoms with E-state index in [9.17, 15) is 0 Å². The Balaban J connectivity index is 3.49. The molecule has 0 unspecified atom stereocenters. The van der Waals surface area contributed by atoms with E-state index in [4.69, 9.17) is 0 Å². The first kappa shape index (κ1) is 17.1. The van der Waals surface area contributed by atoms with Crippen LogP contribution in [0, 0.1) is 0 Å². The zero-order valence-corrected chi connectivity index (χ0v) is 13.5. The molecule has 0 bridgehead atoms. The summed E-state index contributed by atoms with van der Waals surface area (Å²) in [5.41, 5.74) is 1.42. The average molecular weight is 256 g/mol. The highest BCUT2D eigenvalue weighted by molar-refractivity contribution is 8.03. The molecular formula is C16H32S. The summed E-state index contributed by atoms with van der Waals surface area (Å²) in [6.45, 7) is 11.4. The van der Waals surface area contributed by atoms with Gasteiger partial charge in [0, 0.05) is 4.75 Å². The largest absolute Gasteiger partial charge is 0.128 e. The molecule has 0 atom stereocenters. The summed E-state index contributed by atoms with van der Waals surface area (Å²) in [6.07, 6.45) is 11.2. The van der Waals surface area contributed by atoms with Crippen molar-refractivity contribution in [3.05, 3.63) is 11.0 Å². The van der Waals surface area contributed by atoms with Gasteiger partial charge in [0.25, 0.3) is 0 Å². The van der Waals surface area contributed by atoms with Crippen LogP contribution in [-0.2, 0) is 0 Å². The van der Waals surface area contributed by atoms with E-state index >= 15 is 0 Å². The standard InChI is InChI=1S/C16H32S/c1-6-7-8-9-10-11-12-13-16(4,5)17-14-15(2)3/h14H,6-13H2,1-5H3. The Labute approximate surface area is 114 Å². The van der Waals surface area contributed by atoms with Crippen LogP contribution in [0.3, 0.4) is 0 Å². The topological polar surface area (TPSA) is 0 Å². The maximum Gasteiger partial charge on any atom is 0.0145 e. The summed E-state index contributed by atoms with van der Waals surface area (Å²) in [4.78, 5) is 0. The van der Waals surface area contributed by atoms with Crippen molar-refractivity contribution in [2.75, 3.05) is 0 Å². The van der Waals surface area contributed by atoms with E-state index in [-0.39, 0.29) is 0 Å². The Kier molecular flexibility index (Phi) is 10.1. The first-order chi connectivity index (χ1) is 7.98. The smallest absolute Gasteiger partial charge is 0.0145 e. The third kappa shape index (κ3) is 12.3. The molecule has 0 fully saturated rings. The van der Waals surface area contributed by atoms with Gasteiger partial charge in [-0.2, -0.15) is 0 Å². The number of hydrogen-bond donors (Lipinski definition) is 0. The second-order valence-corrected chi connectivity index (χ2v) is 7.52. The molecule has 1 heteroatoms. The molecule has 0 saturated heterocycles. The summed E-state index contributed by atoms with van der Waals surface area (Å²) in [7, 11) is 0. The Morgan fingerprint density at radius 1 is 0.941 bits per heavy atom. The molecule has 17 heavy (non-hydrogen) atoms. The second kappa shape index (κ2) is 10.1. The van der Waals surface area contributed by atoms with Crippen molar-refractivity contribution in [3.8, 4) is 0 Å². The minimum Gasteiger partial charge on any atom is -0.128 e. The zero-order chi connectivity index (χ0) is 13.1. The van der Waals surface area contributed by atoms with Crippen molar-refractivity contribution in [3.63, 3.8) is 0 Å². The number of thioether (sulfide) groups is 1. The molecule has 0 heterocycles. The van der Waals surface area contributed by atoms with Crippen molar-refractivity contribution in [1.82, 2.24) is 0 Å². The third-order valence-corrected chi connectivity index (χ3v) is 4.43. The van der Waals surface area contributed by atoms with Crippen LogP contribution in [0.2, 0.25) is 0 Å². The van der Waals surface area contributed by atoms with Gasteiger partial charge in [0.2, 0.25) is 0 Å². The van der Waals surface area contributed by atoms with Crippen LogP contribution < -0.4 is 0 Å². The summed E-state index contributed by atoms with van der Waals surface area (Å²) < 4.78 is 0.417. The van der Waals surface area contributed by atoms with E-state index in [0.29, 0.717) is 4.75 Å². The van der Waals surface area contributed by atoms with Crippen molar-refractivity contribution in [2.24, 2.45) is 0 Å². The van der Waals surface area contributed by atoms with Gasteiger partial charge in [0.05, 0.1) is 0 Å². The number of unbranched alkanes of at least 4 members (excludes halogenated alkanes) is 6. The van der Waals surface area contributed by atoms with Crippen LogP contribution in [0.25, 0.3) is 0 Å². The van der Waals surface area contributed by atoms with Gasteiger partial charge in [0.1, 0.15) is 0 Å². The summed E-state index contributed by atoms with van der Waals surface area (Å²) in [5, 5.41) is 2.31. The molecule has 0 rings (SSSR count). The maximum absolute atomic E-state index is 2.37. The molecule has 0 aromatic heterocycles. The molecule has 0 radical (unpaired) electrons. The van der Waals surface area contributed by atoms with Crippen molar-refractivity contribution < 1.29 is 0 Å². The highest BCUT2D eigenvalue weighted by Crippen LogP contribution is 2.31. The van der Waals surface area contributed by atoms with E-state index in [0.717, 1.165) is 0 Å². The van der Waals surface area contributed by atoms with Gasteiger partial charge in [-0.05, 0) is 25.7 Å². The summed E-state index contributed by atoms with van der Waals surface area (Å²) in [6, 6.07) is 0. The monoisotopic (exact) mass is 256 g/mol. The van der Waals surface area contributed by atoms with Crippen molar-refractivity contribution >= 4 is 11.8 Å². The van der Waals surface area contributed by atoms with Crippen molar-refractivity contribution in [1.29, 1.82) is 0 Å². The Morgan fingerprint density at radius 3 is 2.00 bits per heavy atom. The van der Waals surface area contributed by atoms with Crippen LogP contribution in [0.5, 0.6) is 0 Å². The number of allylic oxidation sites excluding steroid dienone is 1. The normalized spacial score (nSPS) is 11.6. The summed E-state index contributed by atoms with van der Waals surface area (Å²) in [5.74, 6) is 0. The fourth-order valence-electron chi connectivity index (χ4n) is 1.84. The molecule has 0 nitrogen and oxygen atoms in total. The number of hydrogen-bond acceptors (Lipinski definition) is 1. The molecule has 0 aromatic rings. The van der Waals surface area contributed by atoms with Crippen LogP contribution in [-0.4, -0.2) is 4.75 Å². The summed E-state index contributed by atoms with van der Waals surface area (Å²) >= 11 is 2.00.